The molecule has 0 heterocycles. The molecule has 2 N–H and O–H groups in total. The molecule has 122 valence electrons. The Morgan fingerprint density at radius 1 is 1.13 bits per heavy atom. The molecule has 0 aliphatic rings. The number of hydrogen-bond acceptors (Lipinski definition) is 4. The number of para-hydroxylation sites is 1. The largest absolute Gasteiger partial charge is 0.494 e. The highest BCUT2D eigenvalue weighted by molar-refractivity contribution is 7.92. The van der Waals surface area contributed by atoms with Crippen LogP contribution in [0.25, 0.3) is 0 Å². The van der Waals surface area contributed by atoms with Gasteiger partial charge in [-0.2, -0.15) is 0 Å². The number of hydrogen-bond donors (Lipinski definition) is 2. The van der Waals surface area contributed by atoms with Crippen LogP contribution >= 0.6 is 0 Å². The molecule has 0 saturated heterocycles. The van der Waals surface area contributed by atoms with Crippen LogP contribution in [0, 0.1) is 0 Å². The minimum absolute atomic E-state index is 0.230. The van der Waals surface area contributed by atoms with Crippen molar-refractivity contribution >= 4 is 27.3 Å². The Kier molecular flexibility index (Phi) is 5.23. The lowest BCUT2D eigenvalue weighted by Crippen LogP contribution is -2.17. The fraction of sp³-hybridized carbons (Fsp3) is 0.188. The molecule has 0 unspecified atom stereocenters. The number of nitrogens with one attached hydrogen (secondary N) is 2. The normalized spacial score (nSPS) is 10.9. The molecular weight excluding hydrogens is 316 g/mol. The highest BCUT2D eigenvalue weighted by Gasteiger charge is 2.14. The Balaban J connectivity index is 2.23. The van der Waals surface area contributed by atoms with E-state index in [-0.39, 0.29) is 11.3 Å². The first-order valence-corrected chi connectivity index (χ1v) is 8.89. The van der Waals surface area contributed by atoms with E-state index in [0.717, 1.165) is 6.26 Å². The molecule has 0 radical (unpaired) electrons. The van der Waals surface area contributed by atoms with E-state index in [2.05, 4.69) is 10.0 Å². The summed E-state index contributed by atoms with van der Waals surface area (Å²) in [6, 6.07) is 13.4. The molecule has 2 aromatic rings. The first-order valence-electron chi connectivity index (χ1n) is 7.00. The topological polar surface area (TPSA) is 84.5 Å². The van der Waals surface area contributed by atoms with E-state index in [1.54, 1.807) is 42.5 Å². The third-order valence-electron chi connectivity index (χ3n) is 2.87. The lowest BCUT2D eigenvalue weighted by atomic mass is 10.1. The number of ether oxygens (including phenoxy) is 1. The first-order chi connectivity index (χ1) is 10.9. The fourth-order valence-corrected chi connectivity index (χ4v) is 2.58. The summed E-state index contributed by atoms with van der Waals surface area (Å²) < 4.78 is 30.5. The maximum absolute atomic E-state index is 12.4. The van der Waals surface area contributed by atoms with Crippen LogP contribution in [-0.2, 0) is 10.0 Å². The molecule has 2 rings (SSSR count). The summed E-state index contributed by atoms with van der Waals surface area (Å²) >= 11 is 0. The van der Waals surface area contributed by atoms with Crippen LogP contribution in [0.3, 0.4) is 0 Å². The number of carbonyl (C=O) groups excluding carboxylic acids is 1. The van der Waals surface area contributed by atoms with Gasteiger partial charge < -0.3 is 10.1 Å². The highest BCUT2D eigenvalue weighted by atomic mass is 32.2. The van der Waals surface area contributed by atoms with Gasteiger partial charge in [-0.3, -0.25) is 9.52 Å². The Morgan fingerprint density at radius 3 is 2.57 bits per heavy atom. The molecule has 0 aliphatic carbocycles. The van der Waals surface area contributed by atoms with Crippen LogP contribution in [0.1, 0.15) is 17.3 Å². The van der Waals surface area contributed by atoms with Gasteiger partial charge in [0.25, 0.3) is 5.91 Å². The second-order valence-corrected chi connectivity index (χ2v) is 6.58. The van der Waals surface area contributed by atoms with Crippen molar-refractivity contribution in [3.05, 3.63) is 54.1 Å². The standard InChI is InChI=1S/C16H18N2O4S/c1-3-22-13-8-6-7-12(11-13)17-16(19)14-9-4-5-10-15(14)18-23(2,20)21/h4-11,18H,3H2,1-2H3,(H,17,19). The summed E-state index contributed by atoms with van der Waals surface area (Å²) in [5.41, 5.74) is 1.03. The summed E-state index contributed by atoms with van der Waals surface area (Å²) in [5.74, 6) is 0.234. The third-order valence-corrected chi connectivity index (χ3v) is 3.46. The van der Waals surface area contributed by atoms with Crippen LogP contribution in [-0.4, -0.2) is 27.2 Å². The summed E-state index contributed by atoms with van der Waals surface area (Å²) in [5, 5.41) is 2.73. The number of sulfonamides is 1. The molecular formula is C16H18N2O4S. The summed E-state index contributed by atoms with van der Waals surface area (Å²) in [6.07, 6.45) is 1.03. The first kappa shape index (κ1) is 16.8. The number of rotatable bonds is 6. The fourth-order valence-electron chi connectivity index (χ4n) is 2.00. The maximum Gasteiger partial charge on any atom is 0.257 e. The van der Waals surface area contributed by atoms with Crippen molar-refractivity contribution in [3.63, 3.8) is 0 Å². The van der Waals surface area contributed by atoms with Gasteiger partial charge in [0, 0.05) is 11.8 Å². The zero-order valence-corrected chi connectivity index (χ0v) is 13.7. The second-order valence-electron chi connectivity index (χ2n) is 4.83. The van der Waals surface area contributed by atoms with Crippen molar-refractivity contribution < 1.29 is 17.9 Å². The quantitative estimate of drug-likeness (QED) is 0.850. The highest BCUT2D eigenvalue weighted by Crippen LogP contribution is 2.21. The molecule has 0 atom stereocenters. The van der Waals surface area contributed by atoms with E-state index in [9.17, 15) is 13.2 Å². The SMILES string of the molecule is CCOc1cccc(NC(=O)c2ccccc2NS(C)(=O)=O)c1. The molecule has 0 saturated carbocycles. The van der Waals surface area contributed by atoms with Crippen molar-refractivity contribution in [2.24, 2.45) is 0 Å². The van der Waals surface area contributed by atoms with Gasteiger partial charge in [0.1, 0.15) is 5.75 Å². The predicted octanol–water partition coefficient (Wildman–Crippen LogP) is 2.71. The zero-order chi connectivity index (χ0) is 16.9. The average molecular weight is 334 g/mol. The molecule has 23 heavy (non-hydrogen) atoms. The van der Waals surface area contributed by atoms with Gasteiger partial charge in [-0.05, 0) is 31.2 Å². The average Bonchev–Trinajstić information content (AvgIpc) is 2.47. The van der Waals surface area contributed by atoms with Crippen LogP contribution in [0.5, 0.6) is 5.75 Å². The van der Waals surface area contributed by atoms with E-state index in [4.69, 9.17) is 4.74 Å². The summed E-state index contributed by atoms with van der Waals surface area (Å²) in [6.45, 7) is 2.40. The van der Waals surface area contributed by atoms with E-state index in [1.807, 2.05) is 6.92 Å². The Morgan fingerprint density at radius 2 is 1.87 bits per heavy atom. The molecule has 0 aliphatic heterocycles. The van der Waals surface area contributed by atoms with Gasteiger partial charge in [-0.15, -0.1) is 0 Å². The van der Waals surface area contributed by atoms with E-state index >= 15 is 0 Å². The molecule has 0 fully saturated rings. The molecule has 7 heteroatoms. The number of carbonyl (C=O) groups is 1. The Labute approximate surface area is 135 Å². The lowest BCUT2D eigenvalue weighted by Gasteiger charge is -2.11. The molecule has 6 nitrogen and oxygen atoms in total. The summed E-state index contributed by atoms with van der Waals surface area (Å²) in [7, 11) is -3.47. The van der Waals surface area contributed by atoms with Crippen molar-refractivity contribution in [1.29, 1.82) is 0 Å². The minimum atomic E-state index is -3.47. The van der Waals surface area contributed by atoms with Gasteiger partial charge in [-0.25, -0.2) is 8.42 Å². The van der Waals surface area contributed by atoms with Crippen molar-refractivity contribution in [2.45, 2.75) is 6.92 Å². The smallest absolute Gasteiger partial charge is 0.257 e. The van der Waals surface area contributed by atoms with Crippen molar-refractivity contribution in [2.75, 3.05) is 22.9 Å². The zero-order valence-electron chi connectivity index (χ0n) is 12.9. The Hall–Kier alpha value is -2.54. The van der Waals surface area contributed by atoms with Crippen molar-refractivity contribution in [3.8, 4) is 5.75 Å². The molecule has 0 spiro atoms. The van der Waals surface area contributed by atoms with Crippen LogP contribution in [0.4, 0.5) is 11.4 Å². The lowest BCUT2D eigenvalue weighted by molar-refractivity contribution is 0.102. The van der Waals surface area contributed by atoms with Gasteiger partial charge in [0.05, 0.1) is 24.1 Å². The summed E-state index contributed by atoms with van der Waals surface area (Å²) in [4.78, 5) is 12.4. The van der Waals surface area contributed by atoms with E-state index in [0.29, 0.717) is 18.0 Å². The number of anilines is 2. The maximum atomic E-state index is 12.4. The molecule has 1 amide bonds. The van der Waals surface area contributed by atoms with Crippen LogP contribution in [0.2, 0.25) is 0 Å². The van der Waals surface area contributed by atoms with Crippen LogP contribution < -0.4 is 14.8 Å². The van der Waals surface area contributed by atoms with Gasteiger partial charge in [-0.1, -0.05) is 18.2 Å². The molecule has 0 bridgehead atoms. The second kappa shape index (κ2) is 7.15. The monoisotopic (exact) mass is 334 g/mol. The predicted molar refractivity (Wildman–Crippen MR) is 90.5 cm³/mol. The van der Waals surface area contributed by atoms with Gasteiger partial charge >= 0.3 is 0 Å². The Bertz CT molecular complexity index is 803. The van der Waals surface area contributed by atoms with Gasteiger partial charge in [0.15, 0.2) is 0 Å². The molecule has 0 aromatic heterocycles. The van der Waals surface area contributed by atoms with Gasteiger partial charge in [0.2, 0.25) is 10.0 Å². The third kappa shape index (κ3) is 5.00. The molecule has 2 aromatic carbocycles. The number of amides is 1. The van der Waals surface area contributed by atoms with E-state index in [1.165, 1.54) is 6.07 Å². The van der Waals surface area contributed by atoms with Crippen molar-refractivity contribution in [1.82, 2.24) is 0 Å². The number of benzene rings is 2. The van der Waals surface area contributed by atoms with Crippen LogP contribution in [0.15, 0.2) is 48.5 Å². The minimum Gasteiger partial charge on any atom is -0.494 e. The van der Waals surface area contributed by atoms with E-state index < -0.39 is 15.9 Å².